The van der Waals surface area contributed by atoms with Gasteiger partial charge >= 0.3 is 0 Å². The number of fused-ring (bicyclic) bond motifs is 1. The maximum Gasteiger partial charge on any atom is 0.258 e. The van der Waals surface area contributed by atoms with Gasteiger partial charge in [0.1, 0.15) is 0 Å². The van der Waals surface area contributed by atoms with Gasteiger partial charge in [-0.25, -0.2) is 0 Å². The number of carbonyl (C=O) groups is 2. The van der Waals surface area contributed by atoms with Gasteiger partial charge in [0.2, 0.25) is 0 Å². The number of nitrogens with zero attached hydrogens (tertiary/aromatic N) is 2. The Morgan fingerprint density at radius 3 is 2.86 bits per heavy atom. The molecule has 0 unspecified atom stereocenters. The van der Waals surface area contributed by atoms with Gasteiger partial charge in [-0.15, -0.1) is 18.2 Å². The molecule has 4 nitrogen and oxygen atoms in total. The number of hydrogen-bond donors (Lipinski definition) is 0. The van der Waals surface area contributed by atoms with E-state index in [1.165, 1.54) is 18.3 Å². The molecule has 0 aliphatic carbocycles. The van der Waals surface area contributed by atoms with Crippen LogP contribution >= 0.6 is 34.9 Å². The van der Waals surface area contributed by atoms with Crippen LogP contribution in [0.15, 0.2) is 28.1 Å². The van der Waals surface area contributed by atoms with Crippen molar-refractivity contribution in [3.8, 4) is 12.3 Å². The zero-order valence-corrected chi connectivity index (χ0v) is 14.6. The molecule has 1 amide bonds. The summed E-state index contributed by atoms with van der Waals surface area (Å²) in [7, 11) is 0. The molecule has 0 aliphatic heterocycles. The van der Waals surface area contributed by atoms with Crippen LogP contribution in [0, 0.1) is 12.3 Å². The number of thiazole rings is 1. The first-order chi connectivity index (χ1) is 10.5. The Labute approximate surface area is 141 Å². The van der Waals surface area contributed by atoms with E-state index < -0.39 is 0 Å². The fourth-order valence-electron chi connectivity index (χ4n) is 1.81. The van der Waals surface area contributed by atoms with Crippen LogP contribution in [0.25, 0.3) is 10.2 Å². The second kappa shape index (κ2) is 7.68. The van der Waals surface area contributed by atoms with Gasteiger partial charge in [-0.3, -0.25) is 9.59 Å². The molecule has 0 fully saturated rings. The molecule has 2 rings (SSSR count). The van der Waals surface area contributed by atoms with E-state index in [1.54, 1.807) is 11.8 Å². The average molecular weight is 350 g/mol. The minimum atomic E-state index is -0.331. The monoisotopic (exact) mass is 350 g/mol. The van der Waals surface area contributed by atoms with Crippen LogP contribution in [-0.4, -0.2) is 27.6 Å². The molecule has 0 spiro atoms. The second-order valence-corrected chi connectivity index (χ2v) is 7.34. The smallest absolute Gasteiger partial charge is 0.258 e. The number of thioether (sulfide) groups is 2. The van der Waals surface area contributed by atoms with E-state index in [4.69, 9.17) is 6.42 Å². The number of amides is 1. The van der Waals surface area contributed by atoms with Crippen molar-refractivity contribution >= 4 is 56.1 Å². The molecule has 114 valence electrons. The van der Waals surface area contributed by atoms with Gasteiger partial charge in [-0.2, -0.15) is 4.99 Å². The summed E-state index contributed by atoms with van der Waals surface area (Å²) in [6, 6.07) is 6.07. The highest BCUT2D eigenvalue weighted by Gasteiger charge is 2.09. The van der Waals surface area contributed by atoms with Gasteiger partial charge in [0.05, 0.1) is 22.5 Å². The number of aromatic nitrogens is 1. The number of benzene rings is 1. The summed E-state index contributed by atoms with van der Waals surface area (Å²) < 4.78 is 2.88. The van der Waals surface area contributed by atoms with E-state index in [0.717, 1.165) is 26.9 Å². The van der Waals surface area contributed by atoms with E-state index in [-0.39, 0.29) is 16.8 Å². The fourth-order valence-corrected chi connectivity index (χ4v) is 3.80. The van der Waals surface area contributed by atoms with E-state index in [0.29, 0.717) is 11.3 Å². The van der Waals surface area contributed by atoms with Crippen molar-refractivity contribution in [1.29, 1.82) is 0 Å². The quantitative estimate of drug-likeness (QED) is 0.628. The van der Waals surface area contributed by atoms with E-state index in [9.17, 15) is 9.59 Å². The molecule has 1 heterocycles. The molecule has 0 aliphatic rings. The lowest BCUT2D eigenvalue weighted by Gasteiger charge is -2.00. The third kappa shape index (κ3) is 4.03. The first kappa shape index (κ1) is 16.9. The molecule has 0 saturated carbocycles. The third-order valence-corrected chi connectivity index (χ3v) is 5.32. The van der Waals surface area contributed by atoms with Crippen LogP contribution in [0.4, 0.5) is 0 Å². The second-order valence-electron chi connectivity index (χ2n) is 4.29. The van der Waals surface area contributed by atoms with Gasteiger partial charge in [-0.05, 0) is 24.5 Å². The van der Waals surface area contributed by atoms with Crippen molar-refractivity contribution in [2.75, 3.05) is 12.0 Å². The Kier molecular flexibility index (Phi) is 5.89. The summed E-state index contributed by atoms with van der Waals surface area (Å²) in [5, 5.41) is -0.0963. The van der Waals surface area contributed by atoms with Gasteiger partial charge in [-0.1, -0.05) is 29.0 Å². The summed E-state index contributed by atoms with van der Waals surface area (Å²) in [5.74, 6) is 2.31. The van der Waals surface area contributed by atoms with Crippen LogP contribution in [0.2, 0.25) is 0 Å². The van der Waals surface area contributed by atoms with Gasteiger partial charge < -0.3 is 4.57 Å². The molecule has 2 aromatic rings. The average Bonchev–Trinajstić information content (AvgIpc) is 2.82. The molecule has 1 aromatic carbocycles. The Balaban J connectivity index is 2.47. The largest absolute Gasteiger partial charge is 0.305 e. The Morgan fingerprint density at radius 2 is 2.23 bits per heavy atom. The van der Waals surface area contributed by atoms with Crippen LogP contribution in [0.1, 0.15) is 6.92 Å². The lowest BCUT2D eigenvalue weighted by atomic mass is 10.3. The molecule has 7 heteroatoms. The summed E-state index contributed by atoms with van der Waals surface area (Å²) >= 11 is 4.04. The van der Waals surface area contributed by atoms with Crippen LogP contribution < -0.4 is 4.80 Å². The van der Waals surface area contributed by atoms with Gasteiger partial charge in [0.25, 0.3) is 5.91 Å². The minimum Gasteiger partial charge on any atom is -0.305 e. The molecule has 1 aromatic heterocycles. The molecule has 0 saturated heterocycles. The van der Waals surface area contributed by atoms with Crippen molar-refractivity contribution in [2.45, 2.75) is 18.4 Å². The maximum absolute atomic E-state index is 11.9. The standard InChI is InChI=1S/C15H14N2O2S3/c1-4-7-17-12-6-5-11(20-3)8-13(12)22-15(17)16-14(19)9-21-10(2)18/h1,5-6,8H,7,9H2,2-3H3. The Hall–Kier alpha value is -1.49. The molecule has 0 atom stereocenters. The molecule has 0 bridgehead atoms. The van der Waals surface area contributed by atoms with Crippen molar-refractivity contribution in [1.82, 2.24) is 4.57 Å². The normalized spacial score (nSPS) is 11.6. The zero-order valence-electron chi connectivity index (χ0n) is 12.2. The third-order valence-electron chi connectivity index (χ3n) is 2.76. The fraction of sp³-hybridized carbons (Fsp3) is 0.267. The highest BCUT2D eigenvalue weighted by molar-refractivity contribution is 8.14. The highest BCUT2D eigenvalue weighted by Crippen LogP contribution is 2.24. The Morgan fingerprint density at radius 1 is 1.45 bits per heavy atom. The van der Waals surface area contributed by atoms with Crippen LogP contribution in [0.3, 0.4) is 0 Å². The van der Waals surface area contributed by atoms with E-state index in [1.807, 2.05) is 23.0 Å². The van der Waals surface area contributed by atoms with E-state index in [2.05, 4.69) is 17.0 Å². The topological polar surface area (TPSA) is 51.4 Å². The summed E-state index contributed by atoms with van der Waals surface area (Å²) in [6.07, 6.45) is 7.43. The van der Waals surface area contributed by atoms with Crippen molar-refractivity contribution < 1.29 is 9.59 Å². The first-order valence-electron chi connectivity index (χ1n) is 6.37. The lowest BCUT2D eigenvalue weighted by molar-refractivity contribution is -0.116. The highest BCUT2D eigenvalue weighted by atomic mass is 32.2. The number of terminal acetylenes is 1. The summed E-state index contributed by atoms with van der Waals surface area (Å²) in [6.45, 7) is 1.78. The van der Waals surface area contributed by atoms with Crippen LogP contribution in [0.5, 0.6) is 0 Å². The zero-order chi connectivity index (χ0) is 16.1. The van der Waals surface area contributed by atoms with Crippen molar-refractivity contribution in [2.24, 2.45) is 4.99 Å². The maximum atomic E-state index is 11.9. The van der Waals surface area contributed by atoms with Crippen molar-refractivity contribution in [3.63, 3.8) is 0 Å². The SMILES string of the molecule is C#CCn1c(=NC(=O)CSC(C)=O)sc2cc(SC)ccc21. The predicted octanol–water partition coefficient (Wildman–Crippen LogP) is 2.76. The Bertz CT molecular complexity index is 827. The molecular weight excluding hydrogens is 336 g/mol. The number of rotatable bonds is 4. The molecule has 0 N–H and O–H groups in total. The molecule has 22 heavy (non-hydrogen) atoms. The van der Waals surface area contributed by atoms with E-state index >= 15 is 0 Å². The number of carbonyl (C=O) groups excluding carboxylic acids is 2. The summed E-state index contributed by atoms with van der Waals surface area (Å²) in [5.41, 5.74) is 0.964. The predicted molar refractivity (Wildman–Crippen MR) is 94.1 cm³/mol. The minimum absolute atomic E-state index is 0.0513. The van der Waals surface area contributed by atoms with Crippen molar-refractivity contribution in [3.05, 3.63) is 23.0 Å². The van der Waals surface area contributed by atoms with Gasteiger partial charge in [0.15, 0.2) is 9.92 Å². The lowest BCUT2D eigenvalue weighted by Crippen LogP contribution is -2.17. The summed E-state index contributed by atoms with van der Waals surface area (Å²) in [4.78, 5) is 28.6. The number of hydrogen-bond acceptors (Lipinski definition) is 5. The first-order valence-corrected chi connectivity index (χ1v) is 9.39. The van der Waals surface area contributed by atoms with Gasteiger partial charge in [0, 0.05) is 11.8 Å². The molecule has 0 radical (unpaired) electrons. The van der Waals surface area contributed by atoms with Crippen LogP contribution in [-0.2, 0) is 16.1 Å². The molecular formula is C15H14N2O2S3.